The highest BCUT2D eigenvalue weighted by molar-refractivity contribution is 6.30. The van der Waals surface area contributed by atoms with Gasteiger partial charge in [-0.15, -0.1) is 0 Å². The summed E-state index contributed by atoms with van der Waals surface area (Å²) in [5.74, 6) is 0.697. The van der Waals surface area contributed by atoms with E-state index in [2.05, 4.69) is 36.2 Å². The Balaban J connectivity index is 2.06. The lowest BCUT2D eigenvalue weighted by Crippen LogP contribution is -2.36. The van der Waals surface area contributed by atoms with Crippen LogP contribution in [0.3, 0.4) is 0 Å². The first kappa shape index (κ1) is 16.6. The quantitative estimate of drug-likeness (QED) is 0.867. The largest absolute Gasteiger partial charge is 0.384 e. The molecule has 0 bridgehead atoms. The van der Waals surface area contributed by atoms with Gasteiger partial charge in [0.15, 0.2) is 0 Å². The van der Waals surface area contributed by atoms with Gasteiger partial charge in [-0.2, -0.15) is 0 Å². The topological polar surface area (TPSA) is 24.5 Å². The van der Waals surface area contributed by atoms with Gasteiger partial charge in [0, 0.05) is 50.1 Å². The molecule has 21 heavy (non-hydrogen) atoms. The molecule has 1 aliphatic heterocycles. The van der Waals surface area contributed by atoms with Crippen LogP contribution in [0.4, 0.5) is 5.69 Å². The van der Waals surface area contributed by atoms with Gasteiger partial charge in [-0.1, -0.05) is 31.5 Å². The maximum atomic E-state index is 6.21. The molecule has 1 N–H and O–H groups in total. The average molecular weight is 311 g/mol. The van der Waals surface area contributed by atoms with Gasteiger partial charge in [0.1, 0.15) is 0 Å². The van der Waals surface area contributed by atoms with Crippen molar-refractivity contribution in [1.82, 2.24) is 5.32 Å². The zero-order valence-electron chi connectivity index (χ0n) is 13.4. The fourth-order valence-corrected chi connectivity index (χ4v) is 3.04. The van der Waals surface area contributed by atoms with E-state index in [1.54, 1.807) is 7.11 Å². The lowest BCUT2D eigenvalue weighted by molar-refractivity contribution is 0.139. The van der Waals surface area contributed by atoms with Gasteiger partial charge in [-0.05, 0) is 36.5 Å². The fourth-order valence-electron chi connectivity index (χ4n) is 2.87. The number of halogens is 1. The van der Waals surface area contributed by atoms with Crippen molar-refractivity contribution in [2.24, 2.45) is 5.92 Å². The van der Waals surface area contributed by atoms with Gasteiger partial charge in [0.05, 0.1) is 0 Å². The summed E-state index contributed by atoms with van der Waals surface area (Å²) >= 11 is 6.21. The van der Waals surface area contributed by atoms with E-state index in [9.17, 15) is 0 Å². The summed E-state index contributed by atoms with van der Waals surface area (Å²) < 4.78 is 5.28. The first-order valence-corrected chi connectivity index (χ1v) is 8.23. The van der Waals surface area contributed by atoms with E-state index < -0.39 is 0 Å². The maximum absolute atomic E-state index is 6.21. The number of hydrogen-bond acceptors (Lipinski definition) is 3. The molecule has 4 heteroatoms. The summed E-state index contributed by atoms with van der Waals surface area (Å²) in [6.45, 7) is 8.29. The highest BCUT2D eigenvalue weighted by atomic mass is 35.5. The van der Waals surface area contributed by atoms with Crippen LogP contribution in [0, 0.1) is 5.92 Å². The zero-order chi connectivity index (χ0) is 15.2. The van der Waals surface area contributed by atoms with Crippen molar-refractivity contribution >= 4 is 17.3 Å². The Morgan fingerprint density at radius 2 is 2.05 bits per heavy atom. The highest BCUT2D eigenvalue weighted by Crippen LogP contribution is 2.29. The molecule has 1 aliphatic rings. The van der Waals surface area contributed by atoms with Crippen molar-refractivity contribution in [3.05, 3.63) is 28.8 Å². The van der Waals surface area contributed by atoms with Crippen molar-refractivity contribution in [3.63, 3.8) is 0 Å². The molecule has 3 nitrogen and oxygen atoms in total. The van der Waals surface area contributed by atoms with Crippen LogP contribution in [0.2, 0.25) is 5.02 Å². The minimum absolute atomic E-state index is 0.487. The van der Waals surface area contributed by atoms with E-state index in [1.165, 1.54) is 24.1 Å². The summed E-state index contributed by atoms with van der Waals surface area (Å²) in [4.78, 5) is 2.47. The Bertz CT molecular complexity index is 442. The molecule has 0 spiro atoms. The Kier molecular flexibility index (Phi) is 6.34. The zero-order valence-corrected chi connectivity index (χ0v) is 14.1. The van der Waals surface area contributed by atoms with E-state index >= 15 is 0 Å². The molecule has 2 rings (SSSR count). The van der Waals surface area contributed by atoms with Crippen LogP contribution in [0.5, 0.6) is 0 Å². The number of anilines is 1. The first-order chi connectivity index (χ1) is 10.1. The van der Waals surface area contributed by atoms with Crippen molar-refractivity contribution in [2.45, 2.75) is 39.3 Å². The molecule has 1 aromatic rings. The van der Waals surface area contributed by atoms with E-state index in [4.69, 9.17) is 16.3 Å². The van der Waals surface area contributed by atoms with E-state index in [1.807, 2.05) is 6.07 Å². The number of piperidine rings is 1. The third kappa shape index (κ3) is 4.87. The SMILES string of the molecule is COCC1CCN(c2cc(Cl)ccc2CNC(C)C)CC1. The molecule has 0 aliphatic carbocycles. The maximum Gasteiger partial charge on any atom is 0.0491 e. The molecule has 0 aromatic heterocycles. The molecule has 1 aromatic carbocycles. The molecule has 0 saturated carbocycles. The second-order valence-electron chi connectivity index (χ2n) is 6.19. The Hall–Kier alpha value is -0.770. The Labute approximate surface area is 133 Å². The standard InChI is InChI=1S/C17H27ClN2O/c1-13(2)19-11-15-4-5-16(18)10-17(15)20-8-6-14(7-9-20)12-21-3/h4-5,10,13-14,19H,6-9,11-12H2,1-3H3. The summed E-state index contributed by atoms with van der Waals surface area (Å²) in [6, 6.07) is 6.73. The smallest absolute Gasteiger partial charge is 0.0491 e. The van der Waals surface area contributed by atoms with Crippen molar-refractivity contribution < 1.29 is 4.74 Å². The molecule has 1 fully saturated rings. The normalized spacial score (nSPS) is 16.7. The number of nitrogens with zero attached hydrogens (tertiary/aromatic N) is 1. The number of benzene rings is 1. The van der Waals surface area contributed by atoms with Crippen LogP contribution in [0.1, 0.15) is 32.3 Å². The summed E-state index contributed by atoms with van der Waals surface area (Å²) in [6.07, 6.45) is 2.38. The molecule has 0 amide bonds. The molecule has 0 atom stereocenters. The third-order valence-electron chi connectivity index (χ3n) is 4.11. The number of nitrogens with one attached hydrogen (secondary N) is 1. The van der Waals surface area contributed by atoms with Crippen LogP contribution in [-0.2, 0) is 11.3 Å². The molecule has 1 saturated heterocycles. The van der Waals surface area contributed by atoms with Crippen molar-refractivity contribution in [1.29, 1.82) is 0 Å². The highest BCUT2D eigenvalue weighted by Gasteiger charge is 2.21. The van der Waals surface area contributed by atoms with E-state index in [0.717, 1.165) is 31.3 Å². The van der Waals surface area contributed by atoms with E-state index in [-0.39, 0.29) is 0 Å². The molecule has 0 unspecified atom stereocenters. The van der Waals surface area contributed by atoms with Crippen LogP contribution < -0.4 is 10.2 Å². The molecule has 118 valence electrons. The predicted molar refractivity (Wildman–Crippen MR) is 90.2 cm³/mol. The monoisotopic (exact) mass is 310 g/mol. The minimum Gasteiger partial charge on any atom is -0.384 e. The van der Waals surface area contributed by atoms with Crippen LogP contribution in [-0.4, -0.2) is 32.8 Å². The molecule has 0 radical (unpaired) electrons. The van der Waals surface area contributed by atoms with Gasteiger partial charge >= 0.3 is 0 Å². The minimum atomic E-state index is 0.487. The van der Waals surface area contributed by atoms with Gasteiger partial charge < -0.3 is 15.0 Å². The van der Waals surface area contributed by atoms with E-state index in [0.29, 0.717) is 12.0 Å². The van der Waals surface area contributed by atoms with Crippen LogP contribution in [0.15, 0.2) is 18.2 Å². The number of rotatable bonds is 6. The van der Waals surface area contributed by atoms with Crippen molar-refractivity contribution in [3.8, 4) is 0 Å². The fraction of sp³-hybridized carbons (Fsp3) is 0.647. The number of hydrogen-bond donors (Lipinski definition) is 1. The number of ether oxygens (including phenoxy) is 1. The first-order valence-electron chi connectivity index (χ1n) is 7.86. The Morgan fingerprint density at radius 1 is 1.33 bits per heavy atom. The predicted octanol–water partition coefficient (Wildman–Crippen LogP) is 3.70. The lowest BCUT2D eigenvalue weighted by atomic mass is 9.96. The second-order valence-corrected chi connectivity index (χ2v) is 6.63. The molecular weight excluding hydrogens is 284 g/mol. The third-order valence-corrected chi connectivity index (χ3v) is 4.34. The second kappa shape index (κ2) is 8.02. The summed E-state index contributed by atoms with van der Waals surface area (Å²) in [7, 11) is 1.79. The van der Waals surface area contributed by atoms with Gasteiger partial charge in [-0.3, -0.25) is 0 Å². The Morgan fingerprint density at radius 3 is 2.67 bits per heavy atom. The van der Waals surface area contributed by atoms with Crippen molar-refractivity contribution in [2.75, 3.05) is 31.7 Å². The number of methoxy groups -OCH3 is 1. The lowest BCUT2D eigenvalue weighted by Gasteiger charge is -2.34. The van der Waals surface area contributed by atoms with Crippen LogP contribution in [0.25, 0.3) is 0 Å². The van der Waals surface area contributed by atoms with Gasteiger partial charge in [0.25, 0.3) is 0 Å². The average Bonchev–Trinajstić information content (AvgIpc) is 2.47. The van der Waals surface area contributed by atoms with Crippen LogP contribution >= 0.6 is 11.6 Å². The molecule has 1 heterocycles. The molecular formula is C17H27ClN2O. The van der Waals surface area contributed by atoms with Gasteiger partial charge in [0.2, 0.25) is 0 Å². The van der Waals surface area contributed by atoms with Gasteiger partial charge in [-0.25, -0.2) is 0 Å². The summed E-state index contributed by atoms with van der Waals surface area (Å²) in [5.41, 5.74) is 2.62. The summed E-state index contributed by atoms with van der Waals surface area (Å²) in [5, 5.41) is 4.32.